The summed E-state index contributed by atoms with van der Waals surface area (Å²) in [5.41, 5.74) is -0.216. The van der Waals surface area contributed by atoms with Crippen molar-refractivity contribution in [3.8, 4) is 0 Å². The van der Waals surface area contributed by atoms with Crippen LogP contribution in [0.3, 0.4) is 0 Å². The predicted molar refractivity (Wildman–Crippen MR) is 70.8 cm³/mol. The summed E-state index contributed by atoms with van der Waals surface area (Å²) >= 11 is 0. The van der Waals surface area contributed by atoms with Crippen LogP contribution in [-0.4, -0.2) is 53.6 Å². The molecule has 3 heterocycles. The molecule has 1 amide bonds. The summed E-state index contributed by atoms with van der Waals surface area (Å²) in [5, 5.41) is 10.1. The SMILES string of the molecule is O=C1C[C@@H]2CCCCC23C(CO)C2(CCN13)OCCO2. The van der Waals surface area contributed by atoms with Crippen LogP contribution in [-0.2, 0) is 14.3 Å². The number of amides is 1. The highest BCUT2D eigenvalue weighted by atomic mass is 16.7. The minimum Gasteiger partial charge on any atom is -0.396 e. The van der Waals surface area contributed by atoms with Crippen molar-refractivity contribution in [2.75, 3.05) is 26.4 Å². The van der Waals surface area contributed by atoms with Crippen molar-refractivity contribution in [2.45, 2.75) is 49.9 Å². The van der Waals surface area contributed by atoms with Gasteiger partial charge in [-0.25, -0.2) is 0 Å². The third-order valence-corrected chi connectivity index (χ3v) is 6.09. The van der Waals surface area contributed by atoms with Crippen molar-refractivity contribution in [1.82, 2.24) is 4.90 Å². The minimum atomic E-state index is -0.647. The third-order valence-electron chi connectivity index (χ3n) is 6.09. The van der Waals surface area contributed by atoms with Gasteiger partial charge in [0.25, 0.3) is 0 Å². The number of aliphatic hydroxyl groups is 1. The number of rotatable bonds is 1. The number of ether oxygens (including phenoxy) is 2. The van der Waals surface area contributed by atoms with E-state index in [1.165, 1.54) is 6.42 Å². The Morgan fingerprint density at radius 3 is 2.80 bits per heavy atom. The Labute approximate surface area is 119 Å². The molecule has 4 aliphatic rings. The smallest absolute Gasteiger partial charge is 0.223 e. The zero-order valence-corrected chi connectivity index (χ0v) is 11.8. The number of carbonyl (C=O) groups excluding carboxylic acids is 1. The molecule has 20 heavy (non-hydrogen) atoms. The Kier molecular flexibility index (Phi) is 2.88. The summed E-state index contributed by atoms with van der Waals surface area (Å²) < 4.78 is 11.9. The second kappa shape index (κ2) is 4.42. The zero-order chi connectivity index (χ0) is 13.8. The molecule has 0 radical (unpaired) electrons. The Balaban J connectivity index is 1.78. The summed E-state index contributed by atoms with van der Waals surface area (Å²) in [6.45, 7) is 1.96. The quantitative estimate of drug-likeness (QED) is 0.776. The van der Waals surface area contributed by atoms with Crippen LogP contribution >= 0.6 is 0 Å². The minimum absolute atomic E-state index is 0.0419. The monoisotopic (exact) mass is 281 g/mol. The lowest BCUT2D eigenvalue weighted by Crippen LogP contribution is -2.68. The number of piperidine rings is 1. The van der Waals surface area contributed by atoms with Gasteiger partial charge < -0.3 is 19.5 Å². The van der Waals surface area contributed by atoms with Crippen LogP contribution in [0.25, 0.3) is 0 Å². The molecular weight excluding hydrogens is 258 g/mol. The van der Waals surface area contributed by atoms with Crippen LogP contribution in [0, 0.1) is 11.8 Å². The van der Waals surface area contributed by atoms with Crippen LogP contribution in [0.2, 0.25) is 0 Å². The maximum Gasteiger partial charge on any atom is 0.223 e. The van der Waals surface area contributed by atoms with Gasteiger partial charge in [-0.3, -0.25) is 4.79 Å². The average molecular weight is 281 g/mol. The first-order valence-corrected chi connectivity index (χ1v) is 7.92. The molecule has 5 heteroatoms. The fourth-order valence-electron chi connectivity index (χ4n) is 5.36. The summed E-state index contributed by atoms with van der Waals surface area (Å²) in [7, 11) is 0. The third kappa shape index (κ3) is 1.46. The summed E-state index contributed by atoms with van der Waals surface area (Å²) in [6, 6.07) is 0. The van der Waals surface area contributed by atoms with Gasteiger partial charge in [0, 0.05) is 19.4 Å². The first-order chi connectivity index (χ1) is 9.73. The highest BCUT2D eigenvalue weighted by Gasteiger charge is 2.66. The molecule has 3 aliphatic heterocycles. The number of nitrogens with zero attached hydrogens (tertiary/aromatic N) is 1. The first kappa shape index (κ1) is 13.0. The molecule has 4 fully saturated rings. The Morgan fingerprint density at radius 1 is 1.25 bits per heavy atom. The molecule has 0 aromatic carbocycles. The van der Waals surface area contributed by atoms with Gasteiger partial charge in [-0.2, -0.15) is 0 Å². The molecule has 1 aliphatic carbocycles. The molecule has 0 bridgehead atoms. The van der Waals surface area contributed by atoms with Crippen LogP contribution in [0.1, 0.15) is 38.5 Å². The van der Waals surface area contributed by atoms with Crippen LogP contribution < -0.4 is 0 Å². The van der Waals surface area contributed by atoms with E-state index >= 15 is 0 Å². The van der Waals surface area contributed by atoms with E-state index in [0.717, 1.165) is 19.3 Å². The van der Waals surface area contributed by atoms with E-state index < -0.39 is 5.79 Å². The molecule has 4 rings (SSSR count). The number of aliphatic hydroxyl groups excluding tert-OH is 1. The van der Waals surface area contributed by atoms with E-state index in [1.807, 2.05) is 0 Å². The van der Waals surface area contributed by atoms with Gasteiger partial charge in [-0.1, -0.05) is 12.8 Å². The molecule has 1 saturated carbocycles. The lowest BCUT2D eigenvalue weighted by Gasteiger charge is -2.57. The zero-order valence-electron chi connectivity index (χ0n) is 11.8. The Morgan fingerprint density at radius 2 is 2.05 bits per heavy atom. The van der Waals surface area contributed by atoms with E-state index in [4.69, 9.17) is 9.47 Å². The van der Waals surface area contributed by atoms with Crippen molar-refractivity contribution in [2.24, 2.45) is 11.8 Å². The van der Waals surface area contributed by atoms with Crippen molar-refractivity contribution in [3.05, 3.63) is 0 Å². The number of hydrogen-bond acceptors (Lipinski definition) is 4. The van der Waals surface area contributed by atoms with Crippen LogP contribution in [0.4, 0.5) is 0 Å². The summed E-state index contributed by atoms with van der Waals surface area (Å²) in [4.78, 5) is 14.5. The van der Waals surface area contributed by atoms with Crippen molar-refractivity contribution in [3.63, 3.8) is 0 Å². The Bertz CT molecular complexity index is 420. The van der Waals surface area contributed by atoms with Gasteiger partial charge in [-0.15, -0.1) is 0 Å². The lowest BCUT2D eigenvalue weighted by atomic mass is 9.62. The average Bonchev–Trinajstić information content (AvgIpc) is 3.01. The van der Waals surface area contributed by atoms with Crippen molar-refractivity contribution < 1.29 is 19.4 Å². The second-order valence-corrected chi connectivity index (χ2v) is 6.68. The first-order valence-electron chi connectivity index (χ1n) is 7.92. The maximum atomic E-state index is 12.4. The molecule has 2 unspecified atom stereocenters. The molecule has 2 spiro atoms. The van der Waals surface area contributed by atoms with E-state index in [9.17, 15) is 9.90 Å². The molecule has 5 nitrogen and oxygen atoms in total. The van der Waals surface area contributed by atoms with Gasteiger partial charge in [-0.05, 0) is 18.8 Å². The standard InChI is InChI=1S/C15H23NO4/c17-10-12-14-4-2-1-3-11(14)9-13(18)16(14)6-5-15(12)19-7-8-20-15/h11-12,17H,1-10H2/t11-,12?,14?/m0/s1. The van der Waals surface area contributed by atoms with Gasteiger partial charge in [0.15, 0.2) is 5.79 Å². The van der Waals surface area contributed by atoms with Gasteiger partial charge in [0.05, 0.1) is 31.3 Å². The van der Waals surface area contributed by atoms with Crippen LogP contribution in [0.5, 0.6) is 0 Å². The fourth-order valence-corrected chi connectivity index (χ4v) is 5.36. The predicted octanol–water partition coefficient (Wildman–Crippen LogP) is 0.903. The highest BCUT2D eigenvalue weighted by molar-refractivity contribution is 5.81. The van der Waals surface area contributed by atoms with Gasteiger partial charge in [0.1, 0.15) is 0 Å². The molecule has 112 valence electrons. The summed E-state index contributed by atoms with van der Waals surface area (Å²) in [5.74, 6) is -0.108. The molecule has 1 N–H and O–H groups in total. The molecular formula is C15H23NO4. The van der Waals surface area contributed by atoms with Crippen molar-refractivity contribution >= 4 is 5.91 Å². The summed E-state index contributed by atoms with van der Waals surface area (Å²) in [6.07, 6.45) is 5.75. The van der Waals surface area contributed by atoms with E-state index in [1.54, 1.807) is 0 Å². The van der Waals surface area contributed by atoms with Crippen molar-refractivity contribution in [1.29, 1.82) is 0 Å². The largest absolute Gasteiger partial charge is 0.396 e. The molecule has 0 aromatic rings. The fraction of sp³-hybridized carbons (Fsp3) is 0.933. The number of hydrogen-bond donors (Lipinski definition) is 1. The normalized spacial score (nSPS) is 42.9. The van der Waals surface area contributed by atoms with E-state index in [2.05, 4.69) is 4.90 Å². The van der Waals surface area contributed by atoms with Gasteiger partial charge in [0.2, 0.25) is 5.91 Å². The van der Waals surface area contributed by atoms with Crippen LogP contribution in [0.15, 0.2) is 0 Å². The molecule has 3 atom stereocenters. The molecule has 0 aromatic heterocycles. The lowest BCUT2D eigenvalue weighted by molar-refractivity contribution is -0.266. The maximum absolute atomic E-state index is 12.4. The number of carbonyl (C=O) groups is 1. The van der Waals surface area contributed by atoms with E-state index in [0.29, 0.717) is 38.5 Å². The molecule has 3 saturated heterocycles. The Hall–Kier alpha value is -0.650. The topological polar surface area (TPSA) is 59.0 Å². The second-order valence-electron chi connectivity index (χ2n) is 6.68. The van der Waals surface area contributed by atoms with Gasteiger partial charge >= 0.3 is 0 Å². The van der Waals surface area contributed by atoms with E-state index in [-0.39, 0.29) is 24.0 Å². The highest BCUT2D eigenvalue weighted by Crippen LogP contribution is 2.57.